The van der Waals surface area contributed by atoms with Gasteiger partial charge < -0.3 is 24.8 Å². The highest BCUT2D eigenvalue weighted by Crippen LogP contribution is 2.40. The Morgan fingerprint density at radius 1 is 1.31 bits per heavy atom. The van der Waals surface area contributed by atoms with Gasteiger partial charge in [0.05, 0.1) is 13.2 Å². The molecule has 2 fully saturated rings. The van der Waals surface area contributed by atoms with Crippen molar-refractivity contribution in [2.24, 2.45) is 0 Å². The molecule has 0 aliphatic carbocycles. The van der Waals surface area contributed by atoms with Gasteiger partial charge in [-0.2, -0.15) is 0 Å². The van der Waals surface area contributed by atoms with Gasteiger partial charge in [-0.15, -0.1) is 0 Å². The van der Waals surface area contributed by atoms with Crippen LogP contribution in [0.3, 0.4) is 0 Å². The Morgan fingerprint density at radius 2 is 2.00 bits per heavy atom. The first-order valence-electron chi connectivity index (χ1n) is 4.32. The molecule has 0 bridgehead atoms. The van der Waals surface area contributed by atoms with Crippen LogP contribution in [-0.2, 0) is 9.47 Å². The molecule has 5 heteroatoms. The summed E-state index contributed by atoms with van der Waals surface area (Å²) in [7, 11) is 0. The van der Waals surface area contributed by atoms with Crippen LogP contribution in [0.15, 0.2) is 0 Å². The van der Waals surface area contributed by atoms with Gasteiger partial charge >= 0.3 is 0 Å². The highest BCUT2D eigenvalue weighted by atomic mass is 16.7. The topological polar surface area (TPSA) is 79.2 Å². The fraction of sp³-hybridized carbons (Fsp3) is 1.00. The highest BCUT2D eigenvalue weighted by molar-refractivity contribution is 5.03. The van der Waals surface area contributed by atoms with Crippen LogP contribution in [0.5, 0.6) is 0 Å². The van der Waals surface area contributed by atoms with Crippen LogP contribution in [0.25, 0.3) is 0 Å². The van der Waals surface area contributed by atoms with Gasteiger partial charge in [0, 0.05) is 6.42 Å². The van der Waals surface area contributed by atoms with Crippen molar-refractivity contribution in [2.75, 3.05) is 13.2 Å². The van der Waals surface area contributed by atoms with E-state index in [1.807, 2.05) is 0 Å². The molecule has 76 valence electrons. The predicted molar refractivity (Wildman–Crippen MR) is 41.9 cm³/mol. The first kappa shape index (κ1) is 9.36. The van der Waals surface area contributed by atoms with E-state index in [9.17, 15) is 15.3 Å². The van der Waals surface area contributed by atoms with Crippen molar-refractivity contribution in [3.8, 4) is 0 Å². The fourth-order valence-electron chi connectivity index (χ4n) is 2.00. The first-order valence-corrected chi connectivity index (χ1v) is 4.32. The van der Waals surface area contributed by atoms with E-state index in [1.165, 1.54) is 6.92 Å². The summed E-state index contributed by atoms with van der Waals surface area (Å²) in [6.45, 7) is 1.74. The van der Waals surface area contributed by atoms with Crippen molar-refractivity contribution in [3.63, 3.8) is 0 Å². The molecule has 4 atom stereocenters. The molecular weight excluding hydrogens is 176 g/mol. The van der Waals surface area contributed by atoms with E-state index < -0.39 is 23.6 Å². The third-order valence-corrected chi connectivity index (χ3v) is 2.70. The molecule has 0 radical (unpaired) electrons. The molecule has 0 saturated carbocycles. The van der Waals surface area contributed by atoms with E-state index >= 15 is 0 Å². The van der Waals surface area contributed by atoms with Crippen molar-refractivity contribution >= 4 is 0 Å². The largest absolute Gasteiger partial charge is 0.388 e. The molecule has 2 heterocycles. The second-order valence-electron chi connectivity index (χ2n) is 4.03. The van der Waals surface area contributed by atoms with Crippen molar-refractivity contribution in [1.82, 2.24) is 0 Å². The molecule has 2 rings (SSSR count). The molecular formula is C8H14O5. The van der Waals surface area contributed by atoms with E-state index in [0.29, 0.717) is 0 Å². The van der Waals surface area contributed by atoms with Gasteiger partial charge in [-0.3, -0.25) is 0 Å². The summed E-state index contributed by atoms with van der Waals surface area (Å²) in [6, 6.07) is 0. The molecule has 3 N–H and O–H groups in total. The van der Waals surface area contributed by atoms with Crippen LogP contribution >= 0.6 is 0 Å². The molecule has 2 saturated heterocycles. The summed E-state index contributed by atoms with van der Waals surface area (Å²) in [4.78, 5) is 0. The lowest BCUT2D eigenvalue weighted by molar-refractivity contribution is -0.155. The van der Waals surface area contributed by atoms with E-state index in [-0.39, 0.29) is 19.6 Å². The summed E-state index contributed by atoms with van der Waals surface area (Å²) in [5.74, 6) is -1.26. The first-order chi connectivity index (χ1) is 5.95. The van der Waals surface area contributed by atoms with Gasteiger partial charge in [0.1, 0.15) is 17.8 Å². The molecule has 2 aliphatic heterocycles. The molecule has 5 nitrogen and oxygen atoms in total. The minimum atomic E-state index is -1.26. The maximum atomic E-state index is 9.61. The van der Waals surface area contributed by atoms with Gasteiger partial charge in [-0.25, -0.2) is 0 Å². The van der Waals surface area contributed by atoms with Crippen LogP contribution in [0.1, 0.15) is 13.3 Å². The fourth-order valence-corrected chi connectivity index (χ4v) is 2.00. The van der Waals surface area contributed by atoms with Crippen LogP contribution in [0.2, 0.25) is 0 Å². The number of hydrogen-bond donors (Lipinski definition) is 3. The molecule has 0 aromatic rings. The zero-order chi connectivity index (χ0) is 9.69. The monoisotopic (exact) mass is 190 g/mol. The molecule has 0 aromatic carbocycles. The molecule has 0 aromatic heterocycles. The minimum Gasteiger partial charge on any atom is -0.388 e. The zero-order valence-electron chi connectivity index (χ0n) is 7.43. The minimum absolute atomic E-state index is 0.0978. The van der Waals surface area contributed by atoms with Gasteiger partial charge in [-0.1, -0.05) is 0 Å². The summed E-state index contributed by atoms with van der Waals surface area (Å²) < 4.78 is 10.3. The lowest BCUT2D eigenvalue weighted by Gasteiger charge is -2.25. The Hall–Kier alpha value is -0.200. The smallest absolute Gasteiger partial charge is 0.165 e. The summed E-state index contributed by atoms with van der Waals surface area (Å²) in [6.07, 6.45) is -1.66. The zero-order valence-corrected chi connectivity index (χ0v) is 7.43. The molecule has 13 heavy (non-hydrogen) atoms. The van der Waals surface area contributed by atoms with Crippen LogP contribution in [0, 0.1) is 0 Å². The third-order valence-electron chi connectivity index (χ3n) is 2.70. The van der Waals surface area contributed by atoms with E-state index in [1.54, 1.807) is 0 Å². The lowest BCUT2D eigenvalue weighted by Crippen LogP contribution is -2.44. The number of rotatable bonds is 0. The van der Waals surface area contributed by atoms with Crippen molar-refractivity contribution in [1.29, 1.82) is 0 Å². The standard InChI is InChI=1S/C8H14O5/c1-7(11)3-8(4-13-7)6(10)5(9)2-12-8/h5-6,9-11H,2-4H2,1H3. The Balaban J connectivity index is 2.16. The SMILES string of the molecule is CC1(O)CC2(CO1)OCC(O)C2O. The Labute approximate surface area is 75.9 Å². The Kier molecular flexibility index (Phi) is 1.91. The second-order valence-corrected chi connectivity index (χ2v) is 4.03. The molecule has 2 aliphatic rings. The third kappa shape index (κ3) is 1.37. The van der Waals surface area contributed by atoms with Gasteiger partial charge in [-0.05, 0) is 6.92 Å². The van der Waals surface area contributed by atoms with Crippen LogP contribution in [-0.4, -0.2) is 52.1 Å². The second kappa shape index (κ2) is 2.65. The van der Waals surface area contributed by atoms with Crippen LogP contribution in [0.4, 0.5) is 0 Å². The molecule has 0 amide bonds. The van der Waals surface area contributed by atoms with Gasteiger partial charge in [0.25, 0.3) is 0 Å². The number of ether oxygens (including phenoxy) is 2. The maximum absolute atomic E-state index is 9.61. The number of aliphatic hydroxyl groups is 3. The van der Waals surface area contributed by atoms with E-state index in [0.717, 1.165) is 0 Å². The van der Waals surface area contributed by atoms with Gasteiger partial charge in [0.2, 0.25) is 0 Å². The average molecular weight is 190 g/mol. The number of aliphatic hydroxyl groups excluding tert-OH is 2. The molecule has 1 spiro atoms. The van der Waals surface area contributed by atoms with Crippen LogP contribution < -0.4 is 0 Å². The Morgan fingerprint density at radius 3 is 2.38 bits per heavy atom. The molecule has 4 unspecified atom stereocenters. The average Bonchev–Trinajstić information content (AvgIpc) is 2.48. The normalized spacial score (nSPS) is 56.3. The van der Waals surface area contributed by atoms with Crippen molar-refractivity contribution in [2.45, 2.75) is 36.9 Å². The van der Waals surface area contributed by atoms with Gasteiger partial charge in [0.15, 0.2) is 5.79 Å². The maximum Gasteiger partial charge on any atom is 0.165 e. The van der Waals surface area contributed by atoms with Crippen molar-refractivity contribution < 1.29 is 24.8 Å². The summed E-state index contributed by atoms with van der Waals surface area (Å²) in [5, 5.41) is 28.4. The summed E-state index contributed by atoms with van der Waals surface area (Å²) in [5.41, 5.74) is -0.914. The van der Waals surface area contributed by atoms with E-state index in [4.69, 9.17) is 9.47 Å². The van der Waals surface area contributed by atoms with Crippen molar-refractivity contribution in [3.05, 3.63) is 0 Å². The Bertz CT molecular complexity index is 217. The summed E-state index contributed by atoms with van der Waals surface area (Å²) >= 11 is 0. The quantitative estimate of drug-likeness (QED) is 0.438. The highest BCUT2D eigenvalue weighted by Gasteiger charge is 2.57. The lowest BCUT2D eigenvalue weighted by atomic mass is 9.92. The van der Waals surface area contributed by atoms with E-state index in [2.05, 4.69) is 0 Å². The predicted octanol–water partition coefficient (Wildman–Crippen LogP) is -1.39. The number of hydrogen-bond acceptors (Lipinski definition) is 5.